The number of rotatable bonds is 1. The zero-order valence-corrected chi connectivity index (χ0v) is 15.8. The number of nitrogens with one attached hydrogen (secondary N) is 1. The van der Waals surface area contributed by atoms with Crippen LogP contribution in [-0.4, -0.2) is 46.5 Å². The van der Waals surface area contributed by atoms with Crippen molar-refractivity contribution in [2.24, 2.45) is 0 Å². The maximum Gasteiger partial charge on any atom is 0.251 e. The zero-order chi connectivity index (χ0) is 19.7. The van der Waals surface area contributed by atoms with Gasteiger partial charge in [0.05, 0.1) is 6.54 Å². The van der Waals surface area contributed by atoms with Crippen molar-refractivity contribution in [3.63, 3.8) is 0 Å². The van der Waals surface area contributed by atoms with Gasteiger partial charge in [-0.05, 0) is 29.3 Å². The highest BCUT2D eigenvalue weighted by Gasteiger charge is 2.47. The molecule has 1 N–H and O–H groups in total. The minimum absolute atomic E-state index is 0.0387. The van der Waals surface area contributed by atoms with E-state index < -0.39 is 12.1 Å². The van der Waals surface area contributed by atoms with Crippen molar-refractivity contribution in [1.82, 2.24) is 14.8 Å². The van der Waals surface area contributed by atoms with E-state index in [1.165, 1.54) is 0 Å². The van der Waals surface area contributed by atoms with E-state index in [0.29, 0.717) is 24.5 Å². The summed E-state index contributed by atoms with van der Waals surface area (Å²) in [4.78, 5) is 33.5. The molecule has 3 aliphatic rings. The highest BCUT2D eigenvalue weighted by atomic mass is 16.7. The average molecular weight is 389 g/mol. The van der Waals surface area contributed by atoms with E-state index in [1.807, 2.05) is 24.3 Å². The first-order valence-corrected chi connectivity index (χ1v) is 9.67. The predicted octanol–water partition coefficient (Wildman–Crippen LogP) is 2.36. The molecule has 3 aromatic rings. The van der Waals surface area contributed by atoms with E-state index in [0.717, 1.165) is 27.7 Å². The molecule has 2 aromatic carbocycles. The Morgan fingerprint density at radius 3 is 2.76 bits per heavy atom. The Kier molecular flexibility index (Phi) is 3.27. The van der Waals surface area contributed by atoms with Gasteiger partial charge in [0, 0.05) is 30.1 Å². The molecule has 0 spiro atoms. The van der Waals surface area contributed by atoms with Crippen LogP contribution in [0.25, 0.3) is 10.9 Å². The van der Waals surface area contributed by atoms with Gasteiger partial charge in [0.1, 0.15) is 12.1 Å². The van der Waals surface area contributed by atoms with Crippen molar-refractivity contribution in [3.8, 4) is 11.5 Å². The van der Waals surface area contributed by atoms with Crippen LogP contribution in [0.1, 0.15) is 22.9 Å². The molecule has 3 aliphatic heterocycles. The van der Waals surface area contributed by atoms with Crippen molar-refractivity contribution in [2.75, 3.05) is 13.8 Å². The first-order valence-electron chi connectivity index (χ1n) is 9.67. The number of H-pyrrole nitrogens is 1. The fraction of sp³-hybridized carbons (Fsp3) is 0.273. The van der Waals surface area contributed by atoms with E-state index >= 15 is 0 Å². The number of likely N-dealkylation sites (N-methyl/N-ethyl adjacent to an activating group) is 1. The van der Waals surface area contributed by atoms with Crippen LogP contribution >= 0.6 is 0 Å². The monoisotopic (exact) mass is 389 g/mol. The van der Waals surface area contributed by atoms with Gasteiger partial charge >= 0.3 is 0 Å². The fourth-order valence-electron chi connectivity index (χ4n) is 4.79. The molecule has 2 amide bonds. The lowest BCUT2D eigenvalue weighted by Crippen LogP contribution is -2.61. The molecule has 0 saturated carbocycles. The lowest BCUT2D eigenvalue weighted by atomic mass is 9.90. The van der Waals surface area contributed by atoms with Gasteiger partial charge < -0.3 is 24.3 Å². The molecule has 146 valence electrons. The van der Waals surface area contributed by atoms with Crippen molar-refractivity contribution in [2.45, 2.75) is 25.0 Å². The number of hydrogen-bond donors (Lipinski definition) is 1. The summed E-state index contributed by atoms with van der Waals surface area (Å²) in [6, 6.07) is 12.4. The second-order valence-corrected chi connectivity index (χ2v) is 7.78. The van der Waals surface area contributed by atoms with Crippen molar-refractivity contribution < 1.29 is 19.1 Å². The van der Waals surface area contributed by atoms with Gasteiger partial charge in [-0.15, -0.1) is 0 Å². The summed E-state index contributed by atoms with van der Waals surface area (Å²) in [5.41, 5.74) is 3.92. The summed E-state index contributed by atoms with van der Waals surface area (Å²) in [5, 5.41) is 1.13. The molecule has 1 saturated heterocycles. The lowest BCUT2D eigenvalue weighted by Gasteiger charge is -2.45. The van der Waals surface area contributed by atoms with Crippen LogP contribution in [0.3, 0.4) is 0 Å². The number of ether oxygens (including phenoxy) is 2. The summed E-state index contributed by atoms with van der Waals surface area (Å²) in [5.74, 6) is 1.16. The number of para-hydroxylation sites is 1. The van der Waals surface area contributed by atoms with Gasteiger partial charge in [-0.1, -0.05) is 24.3 Å². The Morgan fingerprint density at radius 1 is 1.03 bits per heavy atom. The van der Waals surface area contributed by atoms with Gasteiger partial charge in [-0.3, -0.25) is 9.59 Å². The van der Waals surface area contributed by atoms with Crippen LogP contribution in [0.5, 0.6) is 11.5 Å². The van der Waals surface area contributed by atoms with Gasteiger partial charge in [0.2, 0.25) is 12.7 Å². The van der Waals surface area contributed by atoms with Gasteiger partial charge in [-0.2, -0.15) is 0 Å². The minimum atomic E-state index is -0.667. The maximum absolute atomic E-state index is 13.5. The first kappa shape index (κ1) is 16.5. The maximum atomic E-state index is 13.5. The van der Waals surface area contributed by atoms with Gasteiger partial charge in [0.15, 0.2) is 11.5 Å². The Morgan fingerprint density at radius 2 is 1.86 bits per heavy atom. The SMILES string of the molecule is CN1C(=O)C2Cc3c([nH]c4ccccc34)CN2C(=O)C1c1ccc2c(c1)OCO2. The van der Waals surface area contributed by atoms with Crippen molar-refractivity contribution in [3.05, 3.63) is 59.3 Å². The van der Waals surface area contributed by atoms with Crippen LogP contribution in [0.4, 0.5) is 0 Å². The molecule has 2 unspecified atom stereocenters. The number of nitrogens with zero attached hydrogens (tertiary/aromatic N) is 2. The molecule has 7 nitrogen and oxygen atoms in total. The number of carbonyl (C=O) groups is 2. The number of carbonyl (C=O) groups excluding carboxylic acids is 2. The van der Waals surface area contributed by atoms with Gasteiger partial charge in [0.25, 0.3) is 5.91 Å². The molecule has 2 atom stereocenters. The smallest absolute Gasteiger partial charge is 0.251 e. The Labute approximate surface area is 166 Å². The molecule has 1 aromatic heterocycles. The van der Waals surface area contributed by atoms with Crippen LogP contribution in [0, 0.1) is 0 Å². The fourth-order valence-corrected chi connectivity index (χ4v) is 4.79. The number of piperazine rings is 1. The summed E-state index contributed by atoms with van der Waals surface area (Å²) in [6.45, 7) is 0.581. The number of hydrogen-bond acceptors (Lipinski definition) is 4. The molecule has 0 aliphatic carbocycles. The largest absolute Gasteiger partial charge is 0.454 e. The summed E-state index contributed by atoms with van der Waals surface area (Å²) in [7, 11) is 1.71. The molecule has 7 heteroatoms. The predicted molar refractivity (Wildman–Crippen MR) is 104 cm³/mol. The van der Waals surface area contributed by atoms with Crippen LogP contribution in [0.2, 0.25) is 0 Å². The zero-order valence-electron chi connectivity index (χ0n) is 15.8. The quantitative estimate of drug-likeness (QED) is 0.693. The summed E-state index contributed by atoms with van der Waals surface area (Å²) >= 11 is 0. The Hall–Kier alpha value is -3.48. The molecule has 29 heavy (non-hydrogen) atoms. The summed E-state index contributed by atoms with van der Waals surface area (Å²) in [6.07, 6.45) is 0.530. The first-order chi connectivity index (χ1) is 14.1. The standard InChI is InChI=1S/C22H19N3O4/c1-24-20(12-6-7-18-19(8-12)29-11-28-18)22(27)25-10-16-14(9-17(25)21(24)26)13-4-2-3-5-15(13)23-16/h2-8,17,20,23H,9-11H2,1H3. The molecular formula is C22H19N3O4. The average Bonchev–Trinajstić information content (AvgIpc) is 3.35. The molecule has 0 radical (unpaired) electrons. The Balaban J connectivity index is 1.41. The van der Waals surface area contributed by atoms with E-state index in [-0.39, 0.29) is 18.6 Å². The normalized spacial score (nSPS) is 22.8. The lowest BCUT2D eigenvalue weighted by molar-refractivity contribution is -0.162. The van der Waals surface area contributed by atoms with E-state index in [2.05, 4.69) is 11.1 Å². The molecule has 0 bridgehead atoms. The van der Waals surface area contributed by atoms with Crippen LogP contribution < -0.4 is 9.47 Å². The van der Waals surface area contributed by atoms with E-state index in [1.54, 1.807) is 29.0 Å². The third kappa shape index (κ3) is 2.24. The molecule has 6 rings (SSSR count). The third-order valence-electron chi connectivity index (χ3n) is 6.25. The molecule has 4 heterocycles. The van der Waals surface area contributed by atoms with Crippen molar-refractivity contribution >= 4 is 22.7 Å². The second-order valence-electron chi connectivity index (χ2n) is 7.78. The van der Waals surface area contributed by atoms with Crippen molar-refractivity contribution in [1.29, 1.82) is 0 Å². The van der Waals surface area contributed by atoms with E-state index in [4.69, 9.17) is 9.47 Å². The number of amides is 2. The third-order valence-corrected chi connectivity index (χ3v) is 6.25. The number of benzene rings is 2. The topological polar surface area (TPSA) is 74.9 Å². The van der Waals surface area contributed by atoms with Crippen LogP contribution in [-0.2, 0) is 22.6 Å². The highest BCUT2D eigenvalue weighted by molar-refractivity contribution is 5.99. The number of aromatic nitrogens is 1. The summed E-state index contributed by atoms with van der Waals surface area (Å²) < 4.78 is 10.8. The highest BCUT2D eigenvalue weighted by Crippen LogP contribution is 2.40. The Bertz CT molecular complexity index is 1180. The molecular weight excluding hydrogens is 370 g/mol. The molecule has 1 fully saturated rings. The van der Waals surface area contributed by atoms with E-state index in [9.17, 15) is 9.59 Å². The second kappa shape index (κ2) is 5.76. The number of fused-ring (bicyclic) bond motifs is 5. The number of aromatic amines is 1. The van der Waals surface area contributed by atoms with Crippen LogP contribution in [0.15, 0.2) is 42.5 Å². The minimum Gasteiger partial charge on any atom is -0.454 e. The van der Waals surface area contributed by atoms with Gasteiger partial charge in [-0.25, -0.2) is 0 Å².